The number of rotatable bonds is 7. The summed E-state index contributed by atoms with van der Waals surface area (Å²) in [5.41, 5.74) is 1.57. The van der Waals surface area contributed by atoms with E-state index in [9.17, 15) is 18.0 Å². The molecule has 7 nitrogen and oxygen atoms in total. The van der Waals surface area contributed by atoms with Crippen LogP contribution in [0.5, 0.6) is 0 Å². The lowest BCUT2D eigenvalue weighted by atomic mass is 10.1. The Labute approximate surface area is 146 Å². The van der Waals surface area contributed by atoms with Crippen LogP contribution in [0, 0.1) is 0 Å². The smallest absolute Gasteiger partial charge is 0.239 e. The van der Waals surface area contributed by atoms with E-state index in [0.717, 1.165) is 10.6 Å². The van der Waals surface area contributed by atoms with Crippen molar-refractivity contribution < 1.29 is 18.0 Å². The van der Waals surface area contributed by atoms with Crippen molar-refractivity contribution in [3.63, 3.8) is 0 Å². The van der Waals surface area contributed by atoms with Gasteiger partial charge in [-0.05, 0) is 43.3 Å². The van der Waals surface area contributed by atoms with Gasteiger partial charge in [0.25, 0.3) is 0 Å². The van der Waals surface area contributed by atoms with E-state index in [2.05, 4.69) is 10.3 Å². The Bertz CT molecular complexity index is 849. The zero-order chi connectivity index (χ0) is 18.4. The zero-order valence-electron chi connectivity index (χ0n) is 14.0. The molecule has 0 saturated heterocycles. The summed E-state index contributed by atoms with van der Waals surface area (Å²) in [7, 11) is -3.58. The van der Waals surface area contributed by atoms with Crippen molar-refractivity contribution in [2.75, 3.05) is 18.1 Å². The number of carbonyl (C=O) groups excluding carboxylic acids is 2. The van der Waals surface area contributed by atoms with Crippen LogP contribution in [0.1, 0.15) is 23.0 Å². The van der Waals surface area contributed by atoms with Gasteiger partial charge in [-0.1, -0.05) is 6.07 Å². The molecule has 1 amide bonds. The van der Waals surface area contributed by atoms with E-state index in [1.165, 1.54) is 6.92 Å². The molecule has 132 valence electrons. The maximum atomic E-state index is 12.2. The largest absolute Gasteiger partial charge is 0.325 e. The van der Waals surface area contributed by atoms with Gasteiger partial charge in [0.15, 0.2) is 5.78 Å². The van der Waals surface area contributed by atoms with Gasteiger partial charge in [-0.3, -0.25) is 14.6 Å². The maximum absolute atomic E-state index is 12.2. The van der Waals surface area contributed by atoms with Gasteiger partial charge >= 0.3 is 0 Å². The van der Waals surface area contributed by atoms with Gasteiger partial charge < -0.3 is 5.32 Å². The lowest BCUT2D eigenvalue weighted by Gasteiger charge is -2.19. The maximum Gasteiger partial charge on any atom is 0.239 e. The first-order chi connectivity index (χ1) is 11.8. The number of ketones is 1. The molecule has 2 rings (SSSR count). The summed E-state index contributed by atoms with van der Waals surface area (Å²) in [5, 5.41) is 2.62. The molecule has 0 saturated carbocycles. The van der Waals surface area contributed by atoms with Crippen LogP contribution in [-0.4, -0.2) is 42.2 Å². The first kappa shape index (κ1) is 18.8. The fraction of sp³-hybridized carbons (Fsp3) is 0.235. The van der Waals surface area contributed by atoms with Crippen molar-refractivity contribution in [1.82, 2.24) is 9.29 Å². The summed E-state index contributed by atoms with van der Waals surface area (Å²) in [6.45, 7) is 1.13. The molecule has 25 heavy (non-hydrogen) atoms. The average molecular weight is 361 g/mol. The zero-order valence-corrected chi connectivity index (χ0v) is 14.8. The van der Waals surface area contributed by atoms with Crippen LogP contribution in [0.25, 0.3) is 0 Å². The lowest BCUT2D eigenvalue weighted by molar-refractivity contribution is -0.116. The van der Waals surface area contributed by atoms with E-state index in [1.807, 2.05) is 0 Å². The Kier molecular flexibility index (Phi) is 6.00. The van der Waals surface area contributed by atoms with Crippen LogP contribution < -0.4 is 5.32 Å². The standard InChI is InChI=1S/C17H19N3O4S/c1-13(21)14-6-8-15(9-7-14)19-17(22)12-20(25(2,23)24)11-16-5-3-4-10-18-16/h3-10H,11-12H2,1-2H3,(H,19,22). The number of hydrogen-bond acceptors (Lipinski definition) is 5. The molecular formula is C17H19N3O4S. The van der Waals surface area contributed by atoms with Crippen LogP contribution in [0.15, 0.2) is 48.7 Å². The van der Waals surface area contributed by atoms with E-state index in [-0.39, 0.29) is 18.9 Å². The van der Waals surface area contributed by atoms with Crippen molar-refractivity contribution in [3.8, 4) is 0 Å². The van der Waals surface area contributed by atoms with Crippen molar-refractivity contribution in [2.45, 2.75) is 13.5 Å². The number of hydrogen-bond donors (Lipinski definition) is 1. The predicted molar refractivity (Wildman–Crippen MR) is 94.6 cm³/mol. The monoisotopic (exact) mass is 361 g/mol. The summed E-state index contributed by atoms with van der Waals surface area (Å²) in [5.74, 6) is -0.548. The van der Waals surface area contributed by atoms with E-state index < -0.39 is 15.9 Å². The molecule has 1 aromatic carbocycles. The number of nitrogens with zero attached hydrogens (tertiary/aromatic N) is 2. The Hall–Kier alpha value is -2.58. The van der Waals surface area contributed by atoms with Gasteiger partial charge in [-0.2, -0.15) is 4.31 Å². The second kappa shape index (κ2) is 8.00. The Morgan fingerprint density at radius 1 is 1.12 bits per heavy atom. The highest BCUT2D eigenvalue weighted by Gasteiger charge is 2.21. The molecule has 0 atom stereocenters. The number of nitrogens with one attached hydrogen (secondary N) is 1. The fourth-order valence-corrected chi connectivity index (χ4v) is 2.83. The Morgan fingerprint density at radius 2 is 1.80 bits per heavy atom. The molecule has 1 N–H and O–H groups in total. The van der Waals surface area contributed by atoms with Gasteiger partial charge in [0.05, 0.1) is 25.0 Å². The molecule has 0 aliphatic rings. The number of carbonyl (C=O) groups is 2. The third-order valence-corrected chi connectivity index (χ3v) is 4.62. The van der Waals surface area contributed by atoms with Gasteiger partial charge in [0, 0.05) is 17.4 Å². The van der Waals surface area contributed by atoms with Crippen LogP contribution in [0.3, 0.4) is 0 Å². The van der Waals surface area contributed by atoms with Crippen molar-refractivity contribution in [2.24, 2.45) is 0 Å². The number of benzene rings is 1. The Balaban J connectivity index is 2.05. The number of Topliss-reactive ketones (excluding diaryl/α,β-unsaturated/α-hetero) is 1. The molecule has 2 aromatic rings. The average Bonchev–Trinajstić information content (AvgIpc) is 2.55. The molecule has 8 heteroatoms. The molecule has 0 spiro atoms. The highest BCUT2D eigenvalue weighted by Crippen LogP contribution is 2.11. The topological polar surface area (TPSA) is 96.4 Å². The van der Waals surface area contributed by atoms with E-state index in [4.69, 9.17) is 0 Å². The van der Waals surface area contributed by atoms with Crippen LogP contribution in [0.2, 0.25) is 0 Å². The van der Waals surface area contributed by atoms with Gasteiger partial charge in [0.2, 0.25) is 15.9 Å². The molecule has 0 fully saturated rings. The third-order valence-electron chi connectivity index (χ3n) is 3.43. The second-order valence-electron chi connectivity index (χ2n) is 5.53. The number of aromatic nitrogens is 1. The summed E-state index contributed by atoms with van der Waals surface area (Å²) >= 11 is 0. The fourth-order valence-electron chi connectivity index (χ4n) is 2.11. The molecule has 0 aliphatic heterocycles. The summed E-state index contributed by atoms with van der Waals surface area (Å²) in [4.78, 5) is 27.5. The number of pyridine rings is 1. The summed E-state index contributed by atoms with van der Waals surface area (Å²) < 4.78 is 24.9. The molecular weight excluding hydrogens is 342 g/mol. The third kappa shape index (κ3) is 5.77. The van der Waals surface area contributed by atoms with Crippen LogP contribution in [0.4, 0.5) is 5.69 Å². The molecule has 0 aliphatic carbocycles. The van der Waals surface area contributed by atoms with E-state index in [1.54, 1.807) is 48.7 Å². The molecule has 1 heterocycles. The summed E-state index contributed by atoms with van der Waals surface area (Å²) in [6, 6.07) is 11.6. The minimum atomic E-state index is -3.58. The van der Waals surface area contributed by atoms with Crippen molar-refractivity contribution in [1.29, 1.82) is 0 Å². The molecule has 1 aromatic heterocycles. The predicted octanol–water partition coefficient (Wildman–Crippen LogP) is 1.68. The highest BCUT2D eigenvalue weighted by molar-refractivity contribution is 7.88. The van der Waals surface area contributed by atoms with Gasteiger partial charge in [0.1, 0.15) is 0 Å². The van der Waals surface area contributed by atoms with E-state index >= 15 is 0 Å². The van der Waals surface area contributed by atoms with Gasteiger partial charge in [-0.15, -0.1) is 0 Å². The van der Waals surface area contributed by atoms with Crippen molar-refractivity contribution >= 4 is 27.4 Å². The molecule has 0 unspecified atom stereocenters. The van der Waals surface area contributed by atoms with Gasteiger partial charge in [-0.25, -0.2) is 8.42 Å². The lowest BCUT2D eigenvalue weighted by Crippen LogP contribution is -2.37. The number of amides is 1. The summed E-state index contributed by atoms with van der Waals surface area (Å²) in [6.07, 6.45) is 2.61. The molecule has 0 radical (unpaired) electrons. The number of sulfonamides is 1. The highest BCUT2D eigenvalue weighted by atomic mass is 32.2. The first-order valence-corrected chi connectivity index (χ1v) is 9.36. The van der Waals surface area contributed by atoms with Crippen LogP contribution >= 0.6 is 0 Å². The Morgan fingerprint density at radius 3 is 2.32 bits per heavy atom. The number of anilines is 1. The van der Waals surface area contributed by atoms with Crippen LogP contribution in [-0.2, 0) is 21.4 Å². The molecule has 0 bridgehead atoms. The first-order valence-electron chi connectivity index (χ1n) is 7.51. The SMILES string of the molecule is CC(=O)c1ccc(NC(=O)CN(Cc2ccccn2)S(C)(=O)=O)cc1. The normalized spacial score (nSPS) is 11.3. The second-order valence-corrected chi connectivity index (χ2v) is 7.52. The van der Waals surface area contributed by atoms with E-state index in [0.29, 0.717) is 16.9 Å². The minimum Gasteiger partial charge on any atom is -0.325 e. The van der Waals surface area contributed by atoms with Crippen molar-refractivity contribution in [3.05, 3.63) is 59.9 Å². The minimum absolute atomic E-state index is 0.0103. The quantitative estimate of drug-likeness (QED) is 0.757.